The zero-order valence-electron chi connectivity index (χ0n) is 25.0. The third kappa shape index (κ3) is 6.06. The number of hydrogen-bond donors (Lipinski definition) is 2. The van der Waals surface area contributed by atoms with Gasteiger partial charge in [0.25, 0.3) is 5.91 Å². The first-order valence-corrected chi connectivity index (χ1v) is 14.9. The van der Waals surface area contributed by atoms with E-state index in [0.717, 1.165) is 16.8 Å². The van der Waals surface area contributed by atoms with Gasteiger partial charge in [0.2, 0.25) is 0 Å². The minimum absolute atomic E-state index is 0.0262. The minimum atomic E-state index is -1.40. The van der Waals surface area contributed by atoms with Crippen molar-refractivity contribution in [2.24, 2.45) is 0 Å². The second-order valence-corrected chi connectivity index (χ2v) is 11.0. The first-order valence-electron chi connectivity index (χ1n) is 14.9. The van der Waals surface area contributed by atoms with E-state index in [4.69, 9.17) is 24.1 Å². The Labute approximate surface area is 259 Å². The van der Waals surface area contributed by atoms with Gasteiger partial charge >= 0.3 is 6.16 Å². The van der Waals surface area contributed by atoms with E-state index in [2.05, 4.69) is 10.2 Å². The van der Waals surface area contributed by atoms with Crippen molar-refractivity contribution in [1.29, 1.82) is 0 Å². The Morgan fingerprint density at radius 2 is 1.62 bits per heavy atom. The number of aromatic amines is 1. The molecular formula is C34H33N3O8. The molecule has 0 bridgehead atoms. The van der Waals surface area contributed by atoms with Crippen LogP contribution >= 0.6 is 0 Å². The molecule has 1 saturated heterocycles. The maximum atomic E-state index is 13.8. The van der Waals surface area contributed by atoms with Gasteiger partial charge in [-0.3, -0.25) is 14.7 Å². The van der Waals surface area contributed by atoms with Crippen molar-refractivity contribution in [3.05, 3.63) is 78.0 Å². The SMILES string of the molecule is CCOc1cc(C(=O)N2CCC3(CC2)CC(=O)c2cc(-c4ccn[nH]4)ccc2O3)cc(OCC)c1-c1ccc(OC(=O)O)cc1. The number of carbonyl (C=O) groups is 3. The zero-order valence-corrected chi connectivity index (χ0v) is 25.0. The molecule has 2 N–H and O–H groups in total. The van der Waals surface area contributed by atoms with Crippen molar-refractivity contribution in [2.75, 3.05) is 26.3 Å². The van der Waals surface area contributed by atoms with E-state index in [-0.39, 0.29) is 23.9 Å². The van der Waals surface area contributed by atoms with Gasteiger partial charge in [0.05, 0.1) is 36.5 Å². The number of piperidine rings is 1. The van der Waals surface area contributed by atoms with Gasteiger partial charge in [-0.05, 0) is 67.9 Å². The van der Waals surface area contributed by atoms with E-state index in [0.29, 0.717) is 73.1 Å². The molecule has 0 radical (unpaired) electrons. The average molecular weight is 612 g/mol. The van der Waals surface area contributed by atoms with Crippen LogP contribution in [0.1, 0.15) is 53.8 Å². The summed E-state index contributed by atoms with van der Waals surface area (Å²) in [7, 11) is 0. The van der Waals surface area contributed by atoms with Crippen molar-refractivity contribution < 1.29 is 38.4 Å². The number of aromatic nitrogens is 2. The van der Waals surface area contributed by atoms with Gasteiger partial charge in [-0.1, -0.05) is 12.1 Å². The van der Waals surface area contributed by atoms with E-state index in [1.54, 1.807) is 47.5 Å². The number of Topliss-reactive ketones (excluding diaryl/α,β-unsaturated/α-hetero) is 1. The summed E-state index contributed by atoms with van der Waals surface area (Å²) in [5, 5.41) is 15.8. The van der Waals surface area contributed by atoms with Crippen molar-refractivity contribution in [2.45, 2.75) is 38.7 Å². The number of likely N-dealkylation sites (tertiary alicyclic amines) is 1. The van der Waals surface area contributed by atoms with Crippen molar-refractivity contribution in [1.82, 2.24) is 15.1 Å². The highest BCUT2D eigenvalue weighted by Crippen LogP contribution is 2.43. The molecule has 2 aliphatic heterocycles. The van der Waals surface area contributed by atoms with Crippen molar-refractivity contribution >= 4 is 17.8 Å². The van der Waals surface area contributed by atoms with Crippen LogP contribution in [0.4, 0.5) is 4.79 Å². The monoisotopic (exact) mass is 611 g/mol. The molecule has 1 aromatic heterocycles. The third-order valence-corrected chi connectivity index (χ3v) is 8.12. The summed E-state index contributed by atoms with van der Waals surface area (Å²) in [6.45, 7) is 5.28. The zero-order chi connectivity index (χ0) is 31.6. The quantitative estimate of drug-likeness (QED) is 0.175. The summed E-state index contributed by atoms with van der Waals surface area (Å²) in [5.74, 6) is 1.55. The molecule has 0 unspecified atom stereocenters. The van der Waals surface area contributed by atoms with E-state index in [9.17, 15) is 14.4 Å². The lowest BCUT2D eigenvalue weighted by atomic mass is 9.82. The molecule has 3 aromatic carbocycles. The molecule has 1 amide bonds. The molecule has 11 heteroatoms. The molecule has 1 spiro atoms. The Balaban J connectivity index is 1.21. The van der Waals surface area contributed by atoms with Crippen molar-refractivity contribution in [3.63, 3.8) is 0 Å². The molecule has 1 fully saturated rings. The van der Waals surface area contributed by atoms with E-state index in [1.165, 1.54) is 0 Å². The van der Waals surface area contributed by atoms with Crippen molar-refractivity contribution in [3.8, 4) is 45.4 Å². The lowest BCUT2D eigenvalue weighted by Crippen LogP contribution is -2.52. The van der Waals surface area contributed by atoms with E-state index in [1.807, 2.05) is 38.1 Å². The number of amides is 1. The van der Waals surface area contributed by atoms with Gasteiger partial charge in [0, 0.05) is 43.3 Å². The molecule has 0 saturated carbocycles. The number of H-pyrrole nitrogens is 1. The summed E-state index contributed by atoms with van der Waals surface area (Å²) in [6, 6.07) is 17.4. The van der Waals surface area contributed by atoms with Gasteiger partial charge in [-0.2, -0.15) is 5.10 Å². The number of ketones is 1. The summed E-state index contributed by atoms with van der Waals surface area (Å²) in [4.78, 5) is 39.8. The lowest BCUT2D eigenvalue weighted by Gasteiger charge is -2.44. The van der Waals surface area contributed by atoms with Crippen LogP contribution in [0.15, 0.2) is 66.9 Å². The normalized spacial score (nSPS) is 15.2. The van der Waals surface area contributed by atoms with Gasteiger partial charge in [0.15, 0.2) is 5.78 Å². The fourth-order valence-corrected chi connectivity index (χ4v) is 5.98. The van der Waals surface area contributed by atoms with Gasteiger partial charge in [-0.15, -0.1) is 0 Å². The van der Waals surface area contributed by atoms with Crippen LogP contribution in [-0.4, -0.2) is 70.0 Å². The lowest BCUT2D eigenvalue weighted by molar-refractivity contribution is -0.00573. The Kier molecular flexibility index (Phi) is 8.16. The highest BCUT2D eigenvalue weighted by atomic mass is 16.7. The number of carboxylic acid groups (broad SMARTS) is 1. The smallest absolute Gasteiger partial charge is 0.493 e. The number of nitrogens with one attached hydrogen (secondary N) is 1. The van der Waals surface area contributed by atoms with Crippen LogP contribution in [0, 0.1) is 0 Å². The predicted molar refractivity (Wildman–Crippen MR) is 164 cm³/mol. The fraction of sp³-hybridized carbons (Fsp3) is 0.294. The standard InChI is InChI=1S/C34H33N3O8/c1-3-42-29-18-23(19-30(43-4-2)31(29)21-5-8-24(9-6-21)44-33(40)41)32(39)37-15-12-34(13-16-37)20-27(38)25-17-22(7-10-28(25)45-34)26-11-14-35-36-26/h5-11,14,17-19H,3-4,12-13,15-16,20H2,1-2H3,(H,35,36)(H,40,41). The molecule has 0 atom stereocenters. The summed E-state index contributed by atoms with van der Waals surface area (Å²) >= 11 is 0. The second kappa shape index (κ2) is 12.4. The van der Waals surface area contributed by atoms with Gasteiger partial charge in [0.1, 0.15) is 28.6 Å². The number of hydrogen-bond acceptors (Lipinski definition) is 8. The molecule has 2 aliphatic rings. The number of nitrogens with zero attached hydrogens (tertiary/aromatic N) is 2. The fourth-order valence-electron chi connectivity index (χ4n) is 5.98. The van der Waals surface area contributed by atoms with Crippen LogP contribution < -0.4 is 18.9 Å². The molecular weight excluding hydrogens is 578 g/mol. The average Bonchev–Trinajstić information content (AvgIpc) is 3.57. The predicted octanol–water partition coefficient (Wildman–Crippen LogP) is 6.24. The maximum Gasteiger partial charge on any atom is 0.511 e. The molecule has 232 valence electrons. The number of fused-ring (bicyclic) bond motifs is 1. The highest BCUT2D eigenvalue weighted by molar-refractivity contribution is 6.01. The Bertz CT molecular complexity index is 1700. The highest BCUT2D eigenvalue weighted by Gasteiger charge is 2.44. The Morgan fingerprint density at radius 1 is 0.956 bits per heavy atom. The van der Waals surface area contributed by atoms with E-state index < -0.39 is 11.8 Å². The Hall–Kier alpha value is -5.32. The van der Waals surface area contributed by atoms with Crippen LogP contribution in [0.5, 0.6) is 23.0 Å². The largest absolute Gasteiger partial charge is 0.511 e. The topological polar surface area (TPSA) is 140 Å². The number of carbonyl (C=O) groups excluding carboxylic acids is 2. The van der Waals surface area contributed by atoms with Crippen LogP contribution in [0.3, 0.4) is 0 Å². The molecule has 3 heterocycles. The maximum absolute atomic E-state index is 13.8. The van der Waals surface area contributed by atoms with Gasteiger partial charge in [-0.25, -0.2) is 4.79 Å². The van der Waals surface area contributed by atoms with Crippen LogP contribution in [0.25, 0.3) is 22.4 Å². The van der Waals surface area contributed by atoms with Crippen LogP contribution in [0.2, 0.25) is 0 Å². The summed E-state index contributed by atoms with van der Waals surface area (Å²) in [5.41, 5.74) is 3.38. The first kappa shape index (κ1) is 29.7. The number of rotatable bonds is 8. The van der Waals surface area contributed by atoms with Crippen LogP contribution in [-0.2, 0) is 0 Å². The van der Waals surface area contributed by atoms with E-state index >= 15 is 0 Å². The molecule has 0 aliphatic carbocycles. The Morgan fingerprint density at radius 3 is 2.22 bits per heavy atom. The van der Waals surface area contributed by atoms with Gasteiger partial charge < -0.3 is 29.0 Å². The third-order valence-electron chi connectivity index (χ3n) is 8.12. The molecule has 6 rings (SSSR count). The molecule has 4 aromatic rings. The molecule has 45 heavy (non-hydrogen) atoms. The summed E-state index contributed by atoms with van der Waals surface area (Å²) in [6.07, 6.45) is 1.56. The minimum Gasteiger partial charge on any atom is -0.493 e. The second-order valence-electron chi connectivity index (χ2n) is 11.0. The summed E-state index contributed by atoms with van der Waals surface area (Å²) < 4.78 is 23.2. The molecule has 11 nitrogen and oxygen atoms in total. The number of benzene rings is 3. The number of ether oxygens (including phenoxy) is 4. The first-order chi connectivity index (χ1) is 21.8.